The maximum Gasteiger partial charge on any atom is 0.0711 e. The number of rotatable bonds is 8. The van der Waals surface area contributed by atoms with Crippen LogP contribution in [0.2, 0.25) is 0 Å². The lowest BCUT2D eigenvalue weighted by Gasteiger charge is -2.37. The van der Waals surface area contributed by atoms with Crippen LogP contribution >= 0.6 is 0 Å². The van der Waals surface area contributed by atoms with E-state index in [0.717, 1.165) is 23.5 Å². The molecule has 0 heterocycles. The largest absolute Gasteiger partial charge is 0.310 e. The molecular weight excluding hydrogens is 687 g/mol. The number of nitrogens with zero attached hydrogens (tertiary/aromatic N) is 1. The first-order chi connectivity index (χ1) is 28.2. The average molecular weight is 730 g/mol. The van der Waals surface area contributed by atoms with Crippen molar-refractivity contribution >= 4 is 17.1 Å². The highest BCUT2D eigenvalue weighted by Crippen LogP contribution is 2.58. The van der Waals surface area contributed by atoms with Crippen LogP contribution in [0.4, 0.5) is 17.1 Å². The van der Waals surface area contributed by atoms with Gasteiger partial charge in [-0.3, -0.25) is 0 Å². The van der Waals surface area contributed by atoms with Crippen LogP contribution in [0.15, 0.2) is 230 Å². The fourth-order valence-corrected chi connectivity index (χ4v) is 9.18. The Morgan fingerprint density at radius 1 is 0.439 bits per heavy atom. The normalized spacial score (nSPS) is 16.7. The molecule has 57 heavy (non-hydrogen) atoms. The number of anilines is 3. The highest BCUT2D eigenvalue weighted by molar-refractivity contribution is 5.93. The van der Waals surface area contributed by atoms with Crippen LogP contribution in [0.3, 0.4) is 0 Å². The molecule has 0 spiro atoms. The van der Waals surface area contributed by atoms with Gasteiger partial charge >= 0.3 is 0 Å². The molecule has 2 aliphatic rings. The van der Waals surface area contributed by atoms with Gasteiger partial charge in [-0.1, -0.05) is 195 Å². The molecule has 2 unspecified atom stereocenters. The molecule has 0 saturated heterocycles. The van der Waals surface area contributed by atoms with Crippen LogP contribution in [0.25, 0.3) is 44.5 Å². The predicted octanol–water partition coefficient (Wildman–Crippen LogP) is 15.0. The van der Waals surface area contributed by atoms with Crippen LogP contribution in [0.1, 0.15) is 30.0 Å². The van der Waals surface area contributed by atoms with Gasteiger partial charge in [-0.15, -0.1) is 0 Å². The molecule has 0 amide bonds. The van der Waals surface area contributed by atoms with E-state index in [1.807, 2.05) is 0 Å². The van der Waals surface area contributed by atoms with Gasteiger partial charge in [0, 0.05) is 16.9 Å². The summed E-state index contributed by atoms with van der Waals surface area (Å²) >= 11 is 0. The van der Waals surface area contributed by atoms with E-state index in [1.54, 1.807) is 0 Å². The molecule has 2 atom stereocenters. The molecule has 10 rings (SSSR count). The van der Waals surface area contributed by atoms with Gasteiger partial charge in [-0.05, 0) is 110 Å². The summed E-state index contributed by atoms with van der Waals surface area (Å²) in [4.78, 5) is 2.48. The third-order valence-electron chi connectivity index (χ3n) is 11.9. The maximum atomic E-state index is 2.49. The molecule has 1 heteroatoms. The molecule has 8 aromatic carbocycles. The minimum absolute atomic E-state index is 0.471. The first-order valence-corrected chi connectivity index (χ1v) is 20.1. The van der Waals surface area contributed by atoms with Gasteiger partial charge in [0.1, 0.15) is 0 Å². The van der Waals surface area contributed by atoms with Gasteiger partial charge in [0.25, 0.3) is 0 Å². The lowest BCUT2D eigenvalue weighted by atomic mass is 9.66. The molecule has 0 radical (unpaired) electrons. The summed E-state index contributed by atoms with van der Waals surface area (Å²) in [5, 5.41) is 0. The van der Waals surface area contributed by atoms with Crippen molar-refractivity contribution in [3.63, 3.8) is 0 Å². The maximum absolute atomic E-state index is 2.49. The van der Waals surface area contributed by atoms with E-state index in [9.17, 15) is 0 Å². The summed E-state index contributed by atoms with van der Waals surface area (Å²) in [6.07, 6.45) is 8.30. The standard InChI is InChI=1S/C56H43N/c1-40-31-33-47(34-32-40)56(46-24-9-4-10-25-46)53-29-13-11-28-51(53)52-36-35-49(39-54(52)56)57(48-26-16-22-44(38-48)42-19-7-3-8-20-42)55-30-14-12-27-50(55)45-23-15-21-43(37-45)41-17-5-2-6-18-41/h2-31,33-40H,32H2,1H3. The monoisotopic (exact) mass is 729 g/mol. The number of benzene rings is 8. The molecule has 0 bridgehead atoms. The predicted molar refractivity (Wildman–Crippen MR) is 240 cm³/mol. The fraction of sp³-hybridized carbons (Fsp3) is 0.0714. The summed E-state index contributed by atoms with van der Waals surface area (Å²) in [6.45, 7) is 2.31. The zero-order valence-electron chi connectivity index (χ0n) is 32.1. The van der Waals surface area contributed by atoms with Gasteiger partial charge in [0.2, 0.25) is 0 Å². The van der Waals surface area contributed by atoms with E-state index in [0.29, 0.717) is 5.92 Å². The number of fused-ring (bicyclic) bond motifs is 3. The Morgan fingerprint density at radius 2 is 1.00 bits per heavy atom. The molecule has 1 nitrogen and oxygen atoms in total. The van der Waals surface area contributed by atoms with E-state index in [4.69, 9.17) is 0 Å². The minimum Gasteiger partial charge on any atom is -0.310 e. The first kappa shape index (κ1) is 34.5. The van der Waals surface area contributed by atoms with Crippen LogP contribution in [-0.4, -0.2) is 0 Å². The zero-order valence-corrected chi connectivity index (χ0v) is 32.1. The topological polar surface area (TPSA) is 3.24 Å². The Balaban J connectivity index is 1.23. The van der Waals surface area contributed by atoms with Gasteiger partial charge in [0.05, 0.1) is 11.1 Å². The highest BCUT2D eigenvalue weighted by Gasteiger charge is 2.47. The van der Waals surface area contributed by atoms with Crippen LogP contribution in [0.5, 0.6) is 0 Å². The Labute approximate surface area is 336 Å². The van der Waals surface area contributed by atoms with Crippen molar-refractivity contribution in [2.45, 2.75) is 18.8 Å². The summed E-state index contributed by atoms with van der Waals surface area (Å²) < 4.78 is 0. The molecule has 0 N–H and O–H groups in total. The molecular formula is C56H43N. The molecule has 0 aromatic heterocycles. The minimum atomic E-state index is -0.471. The number of allylic oxidation sites excluding steroid dienone is 4. The SMILES string of the molecule is CC1C=CC(C2(c3ccccc3)c3ccccc3-c3ccc(N(c4cccc(-c5ccccc5)c4)c4ccccc4-c4cccc(-c5ccccc5)c4)cc32)=CC1. The van der Waals surface area contributed by atoms with E-state index in [2.05, 4.69) is 236 Å². The van der Waals surface area contributed by atoms with Crippen molar-refractivity contribution < 1.29 is 0 Å². The Morgan fingerprint density at radius 3 is 1.72 bits per heavy atom. The van der Waals surface area contributed by atoms with Crippen molar-refractivity contribution in [3.05, 3.63) is 247 Å². The third kappa shape index (κ3) is 6.04. The average Bonchev–Trinajstić information content (AvgIpc) is 3.58. The second-order valence-electron chi connectivity index (χ2n) is 15.3. The van der Waals surface area contributed by atoms with Crippen LogP contribution in [0, 0.1) is 5.92 Å². The summed E-state index contributed by atoms with van der Waals surface area (Å²) in [5.74, 6) is 0.508. The number of hydrogen-bond acceptors (Lipinski definition) is 1. The van der Waals surface area contributed by atoms with Crippen molar-refractivity contribution in [2.24, 2.45) is 5.92 Å². The highest BCUT2D eigenvalue weighted by atomic mass is 15.1. The van der Waals surface area contributed by atoms with Crippen molar-refractivity contribution in [1.82, 2.24) is 0 Å². The van der Waals surface area contributed by atoms with Crippen molar-refractivity contribution in [2.75, 3.05) is 4.90 Å². The van der Waals surface area contributed by atoms with E-state index < -0.39 is 5.41 Å². The summed E-state index contributed by atoms with van der Waals surface area (Å²) in [7, 11) is 0. The van der Waals surface area contributed by atoms with Crippen LogP contribution < -0.4 is 4.90 Å². The van der Waals surface area contributed by atoms with Crippen molar-refractivity contribution in [1.29, 1.82) is 0 Å². The summed E-state index contributed by atoms with van der Waals surface area (Å²) in [5.41, 5.74) is 17.9. The summed E-state index contributed by atoms with van der Waals surface area (Å²) in [6, 6.07) is 75.6. The van der Waals surface area contributed by atoms with E-state index >= 15 is 0 Å². The lowest BCUT2D eigenvalue weighted by Crippen LogP contribution is -2.30. The Kier molecular flexibility index (Phi) is 8.84. The Bertz CT molecular complexity index is 2780. The molecule has 272 valence electrons. The second-order valence-corrected chi connectivity index (χ2v) is 15.3. The molecule has 0 fully saturated rings. The van der Waals surface area contributed by atoms with Gasteiger partial charge in [0.15, 0.2) is 0 Å². The second kappa shape index (κ2) is 14.6. The smallest absolute Gasteiger partial charge is 0.0711 e. The quantitative estimate of drug-likeness (QED) is 0.151. The van der Waals surface area contributed by atoms with E-state index in [-0.39, 0.29) is 0 Å². The van der Waals surface area contributed by atoms with E-state index in [1.165, 1.54) is 66.8 Å². The first-order valence-electron chi connectivity index (χ1n) is 20.1. The molecule has 8 aromatic rings. The molecule has 0 aliphatic heterocycles. The van der Waals surface area contributed by atoms with Gasteiger partial charge in [-0.2, -0.15) is 0 Å². The van der Waals surface area contributed by atoms with Crippen LogP contribution in [-0.2, 0) is 5.41 Å². The zero-order chi connectivity index (χ0) is 38.2. The fourth-order valence-electron chi connectivity index (χ4n) is 9.18. The van der Waals surface area contributed by atoms with Crippen molar-refractivity contribution in [3.8, 4) is 44.5 Å². The molecule has 2 aliphatic carbocycles. The third-order valence-corrected chi connectivity index (χ3v) is 11.9. The van der Waals surface area contributed by atoms with Gasteiger partial charge in [-0.25, -0.2) is 0 Å². The number of para-hydroxylation sites is 1. The van der Waals surface area contributed by atoms with Gasteiger partial charge < -0.3 is 4.90 Å². The Hall–Kier alpha value is -6.96. The molecule has 0 saturated carbocycles. The lowest BCUT2D eigenvalue weighted by molar-refractivity contribution is 0.691. The number of hydrogen-bond donors (Lipinski definition) is 0.